The first-order valence-corrected chi connectivity index (χ1v) is 6.14. The Morgan fingerprint density at radius 3 is 3.06 bits per heavy atom. The number of aliphatic hydroxyl groups is 1. The van der Waals surface area contributed by atoms with Crippen molar-refractivity contribution in [3.63, 3.8) is 0 Å². The molecule has 0 amide bonds. The van der Waals surface area contributed by atoms with E-state index in [9.17, 15) is 5.11 Å². The van der Waals surface area contributed by atoms with Crippen LogP contribution in [0.1, 0.15) is 13.3 Å². The number of hydrogen-bond donors (Lipinski definition) is 1. The van der Waals surface area contributed by atoms with Gasteiger partial charge in [0.05, 0.1) is 16.3 Å². The largest absolute Gasteiger partial charge is 0.393 e. The number of thiophene rings is 1. The molecule has 2 aromatic rings. The first-order chi connectivity index (χ1) is 7.68. The molecular weight excluding hydrogens is 222 g/mol. The number of hydrogen-bond acceptors (Lipinski definition) is 5. The van der Waals surface area contributed by atoms with Crippen molar-refractivity contribution in [3.05, 3.63) is 17.8 Å². The van der Waals surface area contributed by atoms with Crippen LogP contribution in [0.5, 0.6) is 0 Å². The highest BCUT2D eigenvalue weighted by molar-refractivity contribution is 7.17. The van der Waals surface area contributed by atoms with Crippen molar-refractivity contribution in [1.82, 2.24) is 9.97 Å². The average molecular weight is 237 g/mol. The van der Waals surface area contributed by atoms with Crippen LogP contribution in [-0.4, -0.2) is 34.8 Å². The molecule has 0 radical (unpaired) electrons. The van der Waals surface area contributed by atoms with Gasteiger partial charge in [-0.15, -0.1) is 11.3 Å². The fourth-order valence-corrected chi connectivity index (χ4v) is 2.42. The molecule has 0 aliphatic rings. The molecule has 4 nitrogen and oxygen atoms in total. The van der Waals surface area contributed by atoms with Gasteiger partial charge in [0.2, 0.25) is 0 Å². The Balaban J connectivity index is 2.22. The zero-order chi connectivity index (χ0) is 11.5. The minimum Gasteiger partial charge on any atom is -0.393 e. The smallest absolute Gasteiger partial charge is 0.149 e. The monoisotopic (exact) mass is 237 g/mol. The zero-order valence-corrected chi connectivity index (χ0v) is 10.2. The van der Waals surface area contributed by atoms with Crippen molar-refractivity contribution in [2.75, 3.05) is 18.5 Å². The van der Waals surface area contributed by atoms with Crippen molar-refractivity contribution in [1.29, 1.82) is 0 Å². The fraction of sp³-hybridized carbons (Fsp3) is 0.455. The molecule has 0 spiro atoms. The maximum atomic E-state index is 9.26. The van der Waals surface area contributed by atoms with Gasteiger partial charge in [0.1, 0.15) is 12.1 Å². The quantitative estimate of drug-likeness (QED) is 0.882. The number of fused-ring (bicyclic) bond motifs is 1. The second-order valence-electron chi connectivity index (χ2n) is 3.89. The summed E-state index contributed by atoms with van der Waals surface area (Å²) < 4.78 is 1.11. The van der Waals surface area contributed by atoms with Crippen molar-refractivity contribution < 1.29 is 5.11 Å². The summed E-state index contributed by atoms with van der Waals surface area (Å²) >= 11 is 1.65. The molecule has 2 heterocycles. The molecule has 86 valence electrons. The predicted molar refractivity (Wildman–Crippen MR) is 67.0 cm³/mol. The number of aromatic nitrogens is 2. The Labute approximate surface area is 98.6 Å². The number of rotatable bonds is 4. The lowest BCUT2D eigenvalue weighted by molar-refractivity contribution is 0.187. The lowest BCUT2D eigenvalue weighted by Gasteiger charge is -2.19. The molecule has 2 aromatic heterocycles. The summed E-state index contributed by atoms with van der Waals surface area (Å²) in [5, 5.41) is 11.3. The van der Waals surface area contributed by atoms with Gasteiger partial charge in [-0.3, -0.25) is 0 Å². The number of aliphatic hydroxyl groups excluding tert-OH is 1. The molecule has 0 aromatic carbocycles. The zero-order valence-electron chi connectivity index (χ0n) is 9.42. The topological polar surface area (TPSA) is 49.2 Å². The van der Waals surface area contributed by atoms with E-state index >= 15 is 0 Å². The Bertz CT molecular complexity index is 469. The Morgan fingerprint density at radius 1 is 1.50 bits per heavy atom. The van der Waals surface area contributed by atoms with Gasteiger partial charge in [-0.25, -0.2) is 9.97 Å². The van der Waals surface area contributed by atoms with Crippen LogP contribution in [0.15, 0.2) is 17.8 Å². The van der Waals surface area contributed by atoms with E-state index < -0.39 is 0 Å². The molecule has 2 rings (SSSR count). The third kappa shape index (κ3) is 2.31. The van der Waals surface area contributed by atoms with Crippen LogP contribution in [0.4, 0.5) is 5.82 Å². The maximum Gasteiger partial charge on any atom is 0.149 e. The van der Waals surface area contributed by atoms with Crippen molar-refractivity contribution in [2.24, 2.45) is 0 Å². The van der Waals surface area contributed by atoms with Crippen LogP contribution in [0.25, 0.3) is 10.2 Å². The molecule has 5 heteroatoms. The summed E-state index contributed by atoms with van der Waals surface area (Å²) in [6.45, 7) is 2.59. The van der Waals surface area contributed by atoms with Gasteiger partial charge in [-0.05, 0) is 24.8 Å². The SMILES string of the molecule is CC(O)CCN(C)c1ncnc2ccsc12. The average Bonchev–Trinajstić information content (AvgIpc) is 2.73. The highest BCUT2D eigenvalue weighted by Crippen LogP contribution is 2.27. The summed E-state index contributed by atoms with van der Waals surface area (Å²) in [5.74, 6) is 0.945. The van der Waals surface area contributed by atoms with Gasteiger partial charge < -0.3 is 10.0 Å². The Hall–Kier alpha value is -1.20. The molecule has 1 N–H and O–H groups in total. The molecule has 0 aliphatic heterocycles. The summed E-state index contributed by atoms with van der Waals surface area (Å²) in [4.78, 5) is 10.6. The van der Waals surface area contributed by atoms with Crippen LogP contribution < -0.4 is 4.90 Å². The summed E-state index contributed by atoms with van der Waals surface area (Å²) in [6, 6.07) is 1.99. The van der Waals surface area contributed by atoms with Crippen LogP contribution in [-0.2, 0) is 0 Å². The lowest BCUT2D eigenvalue weighted by atomic mass is 10.3. The van der Waals surface area contributed by atoms with E-state index in [2.05, 4.69) is 14.9 Å². The molecule has 0 saturated carbocycles. The minimum atomic E-state index is -0.275. The van der Waals surface area contributed by atoms with Gasteiger partial charge in [0, 0.05) is 13.6 Å². The molecule has 1 unspecified atom stereocenters. The number of nitrogens with zero attached hydrogens (tertiary/aromatic N) is 3. The molecular formula is C11H15N3OS. The van der Waals surface area contributed by atoms with Crippen molar-refractivity contribution in [3.8, 4) is 0 Å². The second kappa shape index (κ2) is 4.76. The van der Waals surface area contributed by atoms with Gasteiger partial charge in [0.25, 0.3) is 0 Å². The highest BCUT2D eigenvalue weighted by Gasteiger charge is 2.10. The van der Waals surface area contributed by atoms with E-state index in [0.29, 0.717) is 0 Å². The summed E-state index contributed by atoms with van der Waals surface area (Å²) in [7, 11) is 1.99. The van der Waals surface area contributed by atoms with E-state index in [1.807, 2.05) is 18.5 Å². The first kappa shape index (κ1) is 11.3. The van der Waals surface area contributed by atoms with Crippen LogP contribution in [0, 0.1) is 0 Å². The highest BCUT2D eigenvalue weighted by atomic mass is 32.1. The molecule has 0 aliphatic carbocycles. The Morgan fingerprint density at radius 2 is 2.31 bits per heavy atom. The van der Waals surface area contributed by atoms with Crippen LogP contribution >= 0.6 is 11.3 Å². The van der Waals surface area contributed by atoms with E-state index in [1.165, 1.54) is 0 Å². The second-order valence-corrected chi connectivity index (χ2v) is 4.81. The first-order valence-electron chi connectivity index (χ1n) is 5.26. The third-order valence-electron chi connectivity index (χ3n) is 2.47. The fourth-order valence-electron chi connectivity index (χ4n) is 1.53. The van der Waals surface area contributed by atoms with Crippen molar-refractivity contribution >= 4 is 27.4 Å². The van der Waals surface area contributed by atoms with Gasteiger partial charge in [0.15, 0.2) is 0 Å². The standard InChI is InChI=1S/C11H15N3OS/c1-8(15)3-5-14(2)11-10-9(4-6-16-10)12-7-13-11/h4,6-8,15H,3,5H2,1-2H3. The van der Waals surface area contributed by atoms with Crippen LogP contribution in [0.3, 0.4) is 0 Å². The van der Waals surface area contributed by atoms with Gasteiger partial charge in [-0.2, -0.15) is 0 Å². The lowest BCUT2D eigenvalue weighted by Crippen LogP contribution is -2.22. The van der Waals surface area contributed by atoms with E-state index in [1.54, 1.807) is 24.6 Å². The van der Waals surface area contributed by atoms with Gasteiger partial charge >= 0.3 is 0 Å². The maximum absolute atomic E-state index is 9.26. The van der Waals surface area contributed by atoms with Gasteiger partial charge in [-0.1, -0.05) is 0 Å². The molecule has 16 heavy (non-hydrogen) atoms. The molecule has 0 bridgehead atoms. The molecule has 0 saturated heterocycles. The Kier molecular flexibility index (Phi) is 3.36. The molecule has 1 atom stereocenters. The minimum absolute atomic E-state index is 0.275. The predicted octanol–water partition coefficient (Wildman–Crippen LogP) is 1.90. The van der Waals surface area contributed by atoms with Crippen LogP contribution in [0.2, 0.25) is 0 Å². The third-order valence-corrected chi connectivity index (χ3v) is 3.37. The summed E-state index contributed by atoms with van der Waals surface area (Å²) in [6.07, 6.45) is 2.06. The van der Waals surface area contributed by atoms with Crippen molar-refractivity contribution in [2.45, 2.75) is 19.4 Å². The number of anilines is 1. The van der Waals surface area contributed by atoms with E-state index in [4.69, 9.17) is 0 Å². The van der Waals surface area contributed by atoms with E-state index in [0.717, 1.165) is 29.0 Å². The summed E-state index contributed by atoms with van der Waals surface area (Å²) in [5.41, 5.74) is 0.985. The molecule has 0 fully saturated rings. The normalized spacial score (nSPS) is 12.9. The van der Waals surface area contributed by atoms with E-state index in [-0.39, 0.29) is 6.10 Å².